The number of aliphatic hydroxyl groups is 1. The standard InChI is InChI=1S/C10H18FNO2/c1-14-6-8-2-10(7-13)3-9(11)5-12(10)4-8/h8-9,13H,2-7H2,1H3/t8-,9+,10-/m0/s1. The number of alkyl halides is 1. The summed E-state index contributed by atoms with van der Waals surface area (Å²) in [5.74, 6) is 0.458. The van der Waals surface area contributed by atoms with Crippen LogP contribution in [0.3, 0.4) is 0 Å². The van der Waals surface area contributed by atoms with Crippen LogP contribution in [0.1, 0.15) is 12.8 Å². The summed E-state index contributed by atoms with van der Waals surface area (Å²) in [6, 6.07) is 0. The minimum absolute atomic E-state index is 0.0770. The highest BCUT2D eigenvalue weighted by molar-refractivity contribution is 5.05. The number of hydrogen-bond acceptors (Lipinski definition) is 3. The van der Waals surface area contributed by atoms with Crippen LogP contribution in [-0.2, 0) is 4.74 Å². The molecule has 2 aliphatic heterocycles. The molecule has 2 saturated heterocycles. The van der Waals surface area contributed by atoms with Crippen LogP contribution in [0.25, 0.3) is 0 Å². The molecule has 4 heteroatoms. The van der Waals surface area contributed by atoms with Crippen LogP contribution in [0.2, 0.25) is 0 Å². The quantitative estimate of drug-likeness (QED) is 0.722. The number of halogens is 1. The van der Waals surface area contributed by atoms with Gasteiger partial charge in [0.1, 0.15) is 6.17 Å². The molecule has 3 atom stereocenters. The van der Waals surface area contributed by atoms with E-state index in [0.717, 1.165) is 19.6 Å². The van der Waals surface area contributed by atoms with E-state index in [1.165, 1.54) is 0 Å². The van der Waals surface area contributed by atoms with Gasteiger partial charge in [0.2, 0.25) is 0 Å². The first kappa shape index (κ1) is 10.3. The van der Waals surface area contributed by atoms with Crippen LogP contribution in [0.5, 0.6) is 0 Å². The zero-order valence-electron chi connectivity index (χ0n) is 8.58. The average molecular weight is 203 g/mol. The summed E-state index contributed by atoms with van der Waals surface area (Å²) >= 11 is 0. The number of nitrogens with zero attached hydrogens (tertiary/aromatic N) is 1. The molecule has 0 aliphatic carbocycles. The summed E-state index contributed by atoms with van der Waals surface area (Å²) in [5, 5.41) is 9.38. The third-order valence-electron chi connectivity index (χ3n) is 3.53. The van der Waals surface area contributed by atoms with Gasteiger partial charge < -0.3 is 9.84 Å². The fraction of sp³-hybridized carbons (Fsp3) is 1.00. The SMILES string of the molecule is COC[C@@H]1CN2C[C@H](F)C[C@]2(CO)C1. The van der Waals surface area contributed by atoms with Gasteiger partial charge in [-0.15, -0.1) is 0 Å². The molecular weight excluding hydrogens is 185 g/mol. The number of aliphatic hydroxyl groups excluding tert-OH is 1. The fourth-order valence-electron chi connectivity index (χ4n) is 3.01. The molecule has 0 aromatic carbocycles. The average Bonchev–Trinajstić information content (AvgIpc) is 2.58. The minimum Gasteiger partial charge on any atom is -0.394 e. The second-order valence-electron chi connectivity index (χ2n) is 4.61. The van der Waals surface area contributed by atoms with E-state index >= 15 is 0 Å². The number of hydrogen-bond donors (Lipinski definition) is 1. The summed E-state index contributed by atoms with van der Waals surface area (Å²) < 4.78 is 18.3. The molecule has 0 saturated carbocycles. The monoisotopic (exact) mass is 203 g/mol. The van der Waals surface area contributed by atoms with Crippen LogP contribution in [0.4, 0.5) is 4.39 Å². The minimum atomic E-state index is -0.759. The summed E-state index contributed by atoms with van der Waals surface area (Å²) in [5.41, 5.74) is -0.275. The van der Waals surface area contributed by atoms with Crippen molar-refractivity contribution in [2.24, 2.45) is 5.92 Å². The molecule has 2 fully saturated rings. The zero-order chi connectivity index (χ0) is 10.2. The Kier molecular flexibility index (Phi) is 2.77. The second kappa shape index (κ2) is 3.76. The first-order valence-corrected chi connectivity index (χ1v) is 5.19. The van der Waals surface area contributed by atoms with Crippen LogP contribution in [0, 0.1) is 5.92 Å². The third-order valence-corrected chi connectivity index (χ3v) is 3.53. The highest BCUT2D eigenvalue weighted by Gasteiger charge is 2.51. The first-order chi connectivity index (χ1) is 6.70. The van der Waals surface area contributed by atoms with Crippen molar-refractivity contribution < 1.29 is 14.2 Å². The fourth-order valence-corrected chi connectivity index (χ4v) is 3.01. The largest absolute Gasteiger partial charge is 0.394 e. The Bertz CT molecular complexity index is 214. The maximum Gasteiger partial charge on any atom is 0.115 e. The van der Waals surface area contributed by atoms with Gasteiger partial charge in [-0.25, -0.2) is 4.39 Å². The molecule has 0 amide bonds. The highest BCUT2D eigenvalue weighted by Crippen LogP contribution is 2.42. The molecule has 2 rings (SSSR count). The normalized spacial score (nSPS) is 43.1. The molecule has 2 aliphatic rings. The van der Waals surface area contributed by atoms with Crippen molar-refractivity contribution in [1.82, 2.24) is 4.90 Å². The van der Waals surface area contributed by atoms with Crippen LogP contribution in [0.15, 0.2) is 0 Å². The van der Waals surface area contributed by atoms with Gasteiger partial charge in [-0.1, -0.05) is 0 Å². The van der Waals surface area contributed by atoms with E-state index in [-0.39, 0.29) is 12.1 Å². The number of methoxy groups -OCH3 is 1. The Morgan fingerprint density at radius 2 is 2.29 bits per heavy atom. The predicted molar refractivity (Wildman–Crippen MR) is 50.9 cm³/mol. The molecule has 2 heterocycles. The number of fused-ring (bicyclic) bond motifs is 1. The van der Waals surface area contributed by atoms with Gasteiger partial charge >= 0.3 is 0 Å². The van der Waals surface area contributed by atoms with Crippen molar-refractivity contribution in [2.45, 2.75) is 24.6 Å². The molecule has 0 aromatic rings. The summed E-state index contributed by atoms with van der Waals surface area (Å²) in [6.07, 6.45) is 0.604. The molecule has 14 heavy (non-hydrogen) atoms. The lowest BCUT2D eigenvalue weighted by Gasteiger charge is -2.28. The lowest BCUT2D eigenvalue weighted by Crippen LogP contribution is -2.41. The topological polar surface area (TPSA) is 32.7 Å². The van der Waals surface area contributed by atoms with Crippen LogP contribution < -0.4 is 0 Å². The number of rotatable bonds is 3. The maximum absolute atomic E-state index is 13.2. The van der Waals surface area contributed by atoms with E-state index in [2.05, 4.69) is 4.90 Å². The molecule has 0 unspecified atom stereocenters. The third kappa shape index (κ3) is 1.55. The Hall–Kier alpha value is -0.190. The smallest absolute Gasteiger partial charge is 0.115 e. The van der Waals surface area contributed by atoms with Crippen LogP contribution in [-0.4, -0.2) is 55.1 Å². The maximum atomic E-state index is 13.2. The Morgan fingerprint density at radius 1 is 1.50 bits per heavy atom. The molecule has 1 N–H and O–H groups in total. The van der Waals surface area contributed by atoms with E-state index in [1.54, 1.807) is 7.11 Å². The van der Waals surface area contributed by atoms with Crippen molar-refractivity contribution in [3.63, 3.8) is 0 Å². The van der Waals surface area contributed by atoms with Gasteiger partial charge in [-0.3, -0.25) is 4.90 Å². The molecule has 0 spiro atoms. The Balaban J connectivity index is 2.03. The van der Waals surface area contributed by atoms with Crippen molar-refractivity contribution in [3.05, 3.63) is 0 Å². The molecule has 3 nitrogen and oxygen atoms in total. The Labute approximate surface area is 83.8 Å². The van der Waals surface area contributed by atoms with Crippen molar-refractivity contribution in [2.75, 3.05) is 33.4 Å². The van der Waals surface area contributed by atoms with Crippen LogP contribution >= 0.6 is 0 Å². The van der Waals surface area contributed by atoms with Gasteiger partial charge in [0.25, 0.3) is 0 Å². The summed E-state index contributed by atoms with van der Waals surface area (Å²) in [7, 11) is 1.69. The summed E-state index contributed by atoms with van der Waals surface area (Å²) in [4.78, 5) is 2.10. The van der Waals surface area contributed by atoms with Crippen molar-refractivity contribution >= 4 is 0 Å². The Morgan fingerprint density at radius 3 is 2.86 bits per heavy atom. The molecular formula is C10H18FNO2. The predicted octanol–water partition coefficient (Wildman–Crippen LogP) is 0.428. The van der Waals surface area contributed by atoms with Gasteiger partial charge in [0.05, 0.1) is 13.2 Å². The lowest BCUT2D eigenvalue weighted by molar-refractivity contribution is 0.0989. The van der Waals surface area contributed by atoms with E-state index in [1.807, 2.05) is 0 Å². The first-order valence-electron chi connectivity index (χ1n) is 5.19. The van der Waals surface area contributed by atoms with E-state index in [0.29, 0.717) is 18.9 Å². The van der Waals surface area contributed by atoms with Gasteiger partial charge in [0.15, 0.2) is 0 Å². The molecule has 0 bridgehead atoms. The van der Waals surface area contributed by atoms with Gasteiger partial charge in [0, 0.05) is 32.2 Å². The van der Waals surface area contributed by atoms with Crippen molar-refractivity contribution in [3.8, 4) is 0 Å². The molecule has 0 aromatic heterocycles. The van der Waals surface area contributed by atoms with Gasteiger partial charge in [-0.05, 0) is 12.3 Å². The molecule has 0 radical (unpaired) electrons. The molecule has 82 valence electrons. The van der Waals surface area contributed by atoms with E-state index in [9.17, 15) is 9.50 Å². The van der Waals surface area contributed by atoms with E-state index in [4.69, 9.17) is 4.74 Å². The lowest BCUT2D eigenvalue weighted by atomic mass is 9.91. The van der Waals surface area contributed by atoms with Crippen molar-refractivity contribution in [1.29, 1.82) is 0 Å². The number of ether oxygens (including phenoxy) is 1. The second-order valence-corrected chi connectivity index (χ2v) is 4.61. The zero-order valence-corrected chi connectivity index (χ0v) is 8.58. The van der Waals surface area contributed by atoms with Gasteiger partial charge in [-0.2, -0.15) is 0 Å². The van der Waals surface area contributed by atoms with E-state index < -0.39 is 6.17 Å². The summed E-state index contributed by atoms with van der Waals surface area (Å²) in [6.45, 7) is 2.15. The highest BCUT2D eigenvalue weighted by atomic mass is 19.1.